The van der Waals surface area contributed by atoms with Crippen molar-refractivity contribution in [1.29, 1.82) is 0 Å². The van der Waals surface area contributed by atoms with Crippen molar-refractivity contribution in [2.75, 3.05) is 0 Å². The lowest BCUT2D eigenvalue weighted by molar-refractivity contribution is -0.0929. The fourth-order valence-corrected chi connectivity index (χ4v) is 2.06. The van der Waals surface area contributed by atoms with E-state index in [1.807, 2.05) is 37.3 Å². The van der Waals surface area contributed by atoms with Crippen molar-refractivity contribution < 1.29 is 19.0 Å². The minimum absolute atomic E-state index is 0.335. The van der Waals surface area contributed by atoms with E-state index in [2.05, 4.69) is 6.08 Å². The lowest BCUT2D eigenvalue weighted by atomic mass is 10.1. The largest absolute Gasteiger partial charge is 0.389 e. The molecule has 127 valence electrons. The van der Waals surface area contributed by atoms with Crippen LogP contribution in [0.4, 0.5) is 8.78 Å². The van der Waals surface area contributed by atoms with Crippen molar-refractivity contribution in [3.8, 4) is 0 Å². The lowest BCUT2D eigenvalue weighted by Crippen LogP contribution is -2.31. The summed E-state index contributed by atoms with van der Waals surface area (Å²) in [5.74, 6) is -3.12. The molecule has 2 unspecified atom stereocenters. The number of aliphatic hydroxyl groups is 2. The van der Waals surface area contributed by atoms with Crippen LogP contribution in [0.15, 0.2) is 48.6 Å². The van der Waals surface area contributed by atoms with E-state index < -0.39 is 18.1 Å². The van der Waals surface area contributed by atoms with Gasteiger partial charge in [-0.25, -0.2) is 8.78 Å². The summed E-state index contributed by atoms with van der Waals surface area (Å²) < 4.78 is 27.0. The molecular weight excluding hydrogens is 298 g/mol. The van der Waals surface area contributed by atoms with Crippen LogP contribution in [0.3, 0.4) is 0 Å². The highest BCUT2D eigenvalue weighted by Gasteiger charge is 2.35. The number of hydrogen-bond donors (Lipinski definition) is 2. The Morgan fingerprint density at radius 2 is 1.91 bits per heavy atom. The highest BCUT2D eigenvalue weighted by molar-refractivity contribution is 5.15. The van der Waals surface area contributed by atoms with E-state index in [0.717, 1.165) is 18.1 Å². The topological polar surface area (TPSA) is 40.5 Å². The quantitative estimate of drug-likeness (QED) is 0.637. The molecule has 1 aromatic carbocycles. The third-order valence-corrected chi connectivity index (χ3v) is 3.53. The van der Waals surface area contributed by atoms with Gasteiger partial charge in [-0.05, 0) is 43.1 Å². The molecular formula is C19H25F2O2. The van der Waals surface area contributed by atoms with Crippen LogP contribution in [0.25, 0.3) is 0 Å². The van der Waals surface area contributed by atoms with Gasteiger partial charge in [-0.2, -0.15) is 0 Å². The van der Waals surface area contributed by atoms with E-state index in [1.165, 1.54) is 12.2 Å². The fraction of sp³-hybridized carbons (Fsp3) is 0.474. The molecule has 0 bridgehead atoms. The molecule has 2 atom stereocenters. The number of alkyl halides is 2. The number of benzene rings is 1. The van der Waals surface area contributed by atoms with Gasteiger partial charge in [-0.1, -0.05) is 49.8 Å². The van der Waals surface area contributed by atoms with Crippen LogP contribution in [0.2, 0.25) is 0 Å². The van der Waals surface area contributed by atoms with Crippen LogP contribution in [0, 0.1) is 6.08 Å². The number of unbranched alkanes of at least 4 members (excludes halogenated alkanes) is 1. The smallest absolute Gasteiger partial charge is 0.277 e. The van der Waals surface area contributed by atoms with Gasteiger partial charge < -0.3 is 10.2 Å². The van der Waals surface area contributed by atoms with E-state index in [1.54, 1.807) is 0 Å². The third-order valence-electron chi connectivity index (χ3n) is 3.53. The molecule has 0 saturated heterocycles. The zero-order valence-electron chi connectivity index (χ0n) is 13.5. The summed E-state index contributed by atoms with van der Waals surface area (Å²) in [6.07, 6.45) is 5.71. The molecule has 0 aromatic heterocycles. The molecule has 2 N–H and O–H groups in total. The Bertz CT molecular complexity index is 483. The molecule has 1 rings (SSSR count). The molecule has 0 heterocycles. The van der Waals surface area contributed by atoms with E-state index in [0.29, 0.717) is 19.3 Å². The monoisotopic (exact) mass is 323 g/mol. The van der Waals surface area contributed by atoms with Crippen LogP contribution in [0.1, 0.15) is 38.2 Å². The Morgan fingerprint density at radius 1 is 1.22 bits per heavy atom. The standard InChI is InChI=1S/C19H25F2O2/c1-2-3-15-19(20,21)18(23)12-8-7-11-17(22)14-13-16-9-5-4-6-10-16/h4-6,8-12,17-18,22-23H,2-3,13-15H2,1H3/b11-7?,12-8+. The summed E-state index contributed by atoms with van der Waals surface area (Å²) in [5, 5.41) is 19.3. The number of allylic oxidation sites excluding steroid dienone is 2. The molecule has 23 heavy (non-hydrogen) atoms. The molecule has 0 aliphatic rings. The Hall–Kier alpha value is -1.52. The Balaban J connectivity index is 2.36. The van der Waals surface area contributed by atoms with Gasteiger partial charge >= 0.3 is 0 Å². The Kier molecular flexibility index (Phi) is 8.74. The summed E-state index contributed by atoms with van der Waals surface area (Å²) >= 11 is 0. The first-order valence-electron chi connectivity index (χ1n) is 7.99. The van der Waals surface area contributed by atoms with Gasteiger partial charge in [0.1, 0.15) is 6.10 Å². The summed E-state index contributed by atoms with van der Waals surface area (Å²) in [5.41, 5.74) is 1.13. The molecule has 2 nitrogen and oxygen atoms in total. The van der Waals surface area contributed by atoms with Crippen molar-refractivity contribution in [2.45, 2.75) is 57.2 Å². The fourth-order valence-electron chi connectivity index (χ4n) is 2.06. The average molecular weight is 323 g/mol. The van der Waals surface area contributed by atoms with E-state index >= 15 is 0 Å². The molecule has 1 aromatic rings. The highest BCUT2D eigenvalue weighted by Crippen LogP contribution is 2.26. The van der Waals surface area contributed by atoms with Crippen molar-refractivity contribution in [3.05, 3.63) is 60.2 Å². The molecule has 0 amide bonds. The van der Waals surface area contributed by atoms with Crippen LogP contribution < -0.4 is 0 Å². The summed E-state index contributed by atoms with van der Waals surface area (Å²) in [7, 11) is 0. The summed E-state index contributed by atoms with van der Waals surface area (Å²) in [4.78, 5) is 0. The van der Waals surface area contributed by atoms with E-state index in [9.17, 15) is 19.0 Å². The number of aryl methyl sites for hydroxylation is 1. The SMILES string of the molecule is CCCCC(F)(F)C(O)/C=C/[C]=C/C(O)CCc1ccccc1. The van der Waals surface area contributed by atoms with Crippen molar-refractivity contribution in [1.82, 2.24) is 0 Å². The zero-order valence-corrected chi connectivity index (χ0v) is 13.5. The maximum atomic E-state index is 13.5. The van der Waals surface area contributed by atoms with Crippen LogP contribution in [0.5, 0.6) is 0 Å². The van der Waals surface area contributed by atoms with Gasteiger partial charge in [0.15, 0.2) is 0 Å². The number of halogens is 2. The van der Waals surface area contributed by atoms with Gasteiger partial charge in [-0.15, -0.1) is 0 Å². The molecule has 1 radical (unpaired) electrons. The molecule has 0 aliphatic heterocycles. The molecule has 0 fully saturated rings. The Morgan fingerprint density at radius 3 is 2.57 bits per heavy atom. The summed E-state index contributed by atoms with van der Waals surface area (Å²) in [6, 6.07) is 9.77. The highest BCUT2D eigenvalue weighted by atomic mass is 19.3. The van der Waals surface area contributed by atoms with Crippen LogP contribution >= 0.6 is 0 Å². The van der Waals surface area contributed by atoms with Gasteiger partial charge in [0.25, 0.3) is 5.92 Å². The second-order valence-electron chi connectivity index (χ2n) is 5.59. The van der Waals surface area contributed by atoms with E-state index in [-0.39, 0.29) is 6.42 Å². The molecule has 0 saturated carbocycles. The zero-order chi connectivity index (χ0) is 17.1. The minimum atomic E-state index is -3.12. The second kappa shape index (κ2) is 10.3. The predicted molar refractivity (Wildman–Crippen MR) is 88.2 cm³/mol. The molecule has 0 spiro atoms. The van der Waals surface area contributed by atoms with Crippen molar-refractivity contribution in [2.24, 2.45) is 0 Å². The normalized spacial score (nSPS) is 15.3. The van der Waals surface area contributed by atoms with Crippen molar-refractivity contribution >= 4 is 0 Å². The average Bonchev–Trinajstić information content (AvgIpc) is 2.55. The minimum Gasteiger partial charge on any atom is -0.389 e. The molecule has 0 aliphatic carbocycles. The third kappa shape index (κ3) is 8.05. The summed E-state index contributed by atoms with van der Waals surface area (Å²) in [6.45, 7) is 1.83. The maximum Gasteiger partial charge on any atom is 0.277 e. The first-order valence-corrected chi connectivity index (χ1v) is 7.99. The second-order valence-corrected chi connectivity index (χ2v) is 5.59. The first-order chi connectivity index (χ1) is 11.0. The van der Waals surface area contributed by atoms with Gasteiger partial charge in [0.05, 0.1) is 6.10 Å². The number of rotatable bonds is 10. The van der Waals surface area contributed by atoms with Gasteiger partial charge in [-0.3, -0.25) is 0 Å². The number of hydrogen-bond acceptors (Lipinski definition) is 2. The van der Waals surface area contributed by atoms with Crippen LogP contribution in [-0.4, -0.2) is 28.3 Å². The first kappa shape index (κ1) is 19.5. The maximum absolute atomic E-state index is 13.5. The van der Waals surface area contributed by atoms with Gasteiger partial charge in [0, 0.05) is 6.42 Å². The predicted octanol–water partition coefficient (Wildman–Crippen LogP) is 4.08. The lowest BCUT2D eigenvalue weighted by Gasteiger charge is -2.19. The van der Waals surface area contributed by atoms with Crippen molar-refractivity contribution in [3.63, 3.8) is 0 Å². The molecule has 4 heteroatoms. The number of aliphatic hydroxyl groups excluding tert-OH is 2. The van der Waals surface area contributed by atoms with Crippen LogP contribution in [-0.2, 0) is 6.42 Å². The Labute approximate surface area is 137 Å². The van der Waals surface area contributed by atoms with E-state index in [4.69, 9.17) is 0 Å². The van der Waals surface area contributed by atoms with Gasteiger partial charge in [0.2, 0.25) is 0 Å².